The minimum Gasteiger partial charge on any atom is -0.497 e. The molecule has 0 heterocycles. The topological polar surface area (TPSA) is 73.9 Å². The highest BCUT2D eigenvalue weighted by Crippen LogP contribution is 2.23. The summed E-state index contributed by atoms with van der Waals surface area (Å²) in [5.74, 6) is 0.134. The molecule has 2 rings (SSSR count). The van der Waals surface area contributed by atoms with Crippen LogP contribution in [0.15, 0.2) is 48.5 Å². The molecule has 1 unspecified atom stereocenters. The normalized spacial score (nSPS) is 11.3. The summed E-state index contributed by atoms with van der Waals surface area (Å²) >= 11 is 0. The number of para-hydroxylation sites is 2. The van der Waals surface area contributed by atoms with Crippen LogP contribution in [0.2, 0.25) is 0 Å². The highest BCUT2D eigenvalue weighted by atomic mass is 16.5. The molecule has 24 heavy (non-hydrogen) atoms. The molecule has 0 radical (unpaired) electrons. The lowest BCUT2D eigenvalue weighted by Gasteiger charge is -2.15. The Kier molecular flexibility index (Phi) is 5.78. The zero-order valence-corrected chi connectivity index (χ0v) is 13.7. The Morgan fingerprint density at radius 1 is 0.958 bits per heavy atom. The second-order valence-corrected chi connectivity index (χ2v) is 4.97. The molecule has 0 aliphatic heterocycles. The Hall–Kier alpha value is -3.02. The molecule has 6 heteroatoms. The van der Waals surface area contributed by atoms with Gasteiger partial charge in [0.05, 0.1) is 25.5 Å². The number of ether oxygens (including phenoxy) is 3. The van der Waals surface area contributed by atoms with Crippen molar-refractivity contribution < 1.29 is 23.8 Å². The highest BCUT2D eigenvalue weighted by Gasteiger charge is 2.20. The van der Waals surface area contributed by atoms with E-state index < -0.39 is 18.0 Å². The SMILES string of the molecule is COc1ccc(C(=O)OC(C)C(=O)Nc2ccccc2OC)cc1. The summed E-state index contributed by atoms with van der Waals surface area (Å²) in [7, 11) is 3.05. The standard InChI is InChI=1S/C18H19NO5/c1-12(17(20)19-15-6-4-5-7-16(15)23-3)24-18(21)13-8-10-14(22-2)11-9-13/h4-12H,1-3H3,(H,19,20). The van der Waals surface area contributed by atoms with Crippen molar-refractivity contribution in [1.82, 2.24) is 0 Å². The smallest absolute Gasteiger partial charge is 0.338 e. The summed E-state index contributed by atoms with van der Waals surface area (Å²) in [6.45, 7) is 1.51. The van der Waals surface area contributed by atoms with Gasteiger partial charge in [-0.3, -0.25) is 4.79 Å². The zero-order chi connectivity index (χ0) is 17.5. The summed E-state index contributed by atoms with van der Waals surface area (Å²) in [6.07, 6.45) is -0.954. The Morgan fingerprint density at radius 2 is 1.62 bits per heavy atom. The fraction of sp³-hybridized carbons (Fsp3) is 0.222. The van der Waals surface area contributed by atoms with Gasteiger partial charge >= 0.3 is 5.97 Å². The van der Waals surface area contributed by atoms with Crippen LogP contribution in [0.3, 0.4) is 0 Å². The molecule has 1 atom stereocenters. The number of carbonyl (C=O) groups is 2. The number of nitrogens with one attached hydrogen (secondary N) is 1. The van der Waals surface area contributed by atoms with Crippen LogP contribution in [0.1, 0.15) is 17.3 Å². The van der Waals surface area contributed by atoms with Crippen LogP contribution in [0.5, 0.6) is 11.5 Å². The van der Waals surface area contributed by atoms with Gasteiger partial charge in [-0.05, 0) is 43.3 Å². The molecule has 2 aromatic rings. The quantitative estimate of drug-likeness (QED) is 0.825. The van der Waals surface area contributed by atoms with Crippen molar-refractivity contribution in [3.05, 3.63) is 54.1 Å². The molecule has 0 aromatic heterocycles. The molecule has 0 spiro atoms. The third-order valence-corrected chi connectivity index (χ3v) is 3.34. The van der Waals surface area contributed by atoms with Crippen molar-refractivity contribution in [3.63, 3.8) is 0 Å². The highest BCUT2D eigenvalue weighted by molar-refractivity contribution is 5.98. The van der Waals surface area contributed by atoms with Gasteiger partial charge in [0.1, 0.15) is 11.5 Å². The number of esters is 1. The van der Waals surface area contributed by atoms with E-state index in [4.69, 9.17) is 14.2 Å². The first-order chi connectivity index (χ1) is 11.5. The Balaban J connectivity index is 1.98. The molecule has 2 aromatic carbocycles. The first kappa shape index (κ1) is 17.3. The van der Waals surface area contributed by atoms with E-state index in [2.05, 4.69) is 5.32 Å². The number of hydrogen-bond donors (Lipinski definition) is 1. The van der Waals surface area contributed by atoms with Crippen LogP contribution >= 0.6 is 0 Å². The van der Waals surface area contributed by atoms with Crippen molar-refractivity contribution in [3.8, 4) is 11.5 Å². The largest absolute Gasteiger partial charge is 0.497 e. The van der Waals surface area contributed by atoms with Gasteiger partial charge in [-0.25, -0.2) is 4.79 Å². The van der Waals surface area contributed by atoms with E-state index in [-0.39, 0.29) is 0 Å². The summed E-state index contributed by atoms with van der Waals surface area (Å²) in [6, 6.07) is 13.4. The van der Waals surface area contributed by atoms with Crippen LogP contribution in [-0.4, -0.2) is 32.2 Å². The predicted molar refractivity (Wildman–Crippen MR) is 89.5 cm³/mol. The fourth-order valence-corrected chi connectivity index (χ4v) is 1.99. The monoisotopic (exact) mass is 329 g/mol. The second-order valence-electron chi connectivity index (χ2n) is 4.97. The number of carbonyl (C=O) groups excluding carboxylic acids is 2. The zero-order valence-electron chi connectivity index (χ0n) is 13.7. The lowest BCUT2D eigenvalue weighted by atomic mass is 10.2. The number of rotatable bonds is 6. The van der Waals surface area contributed by atoms with Crippen molar-refractivity contribution >= 4 is 17.6 Å². The van der Waals surface area contributed by atoms with Crippen molar-refractivity contribution in [2.24, 2.45) is 0 Å². The third kappa shape index (κ3) is 4.25. The summed E-state index contributed by atoms with van der Waals surface area (Å²) in [5, 5.41) is 2.68. The van der Waals surface area contributed by atoms with Crippen LogP contribution in [0, 0.1) is 0 Å². The molecule has 6 nitrogen and oxygen atoms in total. The maximum Gasteiger partial charge on any atom is 0.338 e. The molecule has 0 fully saturated rings. The first-order valence-electron chi connectivity index (χ1n) is 7.34. The van der Waals surface area contributed by atoms with Crippen LogP contribution in [0.4, 0.5) is 5.69 Å². The van der Waals surface area contributed by atoms with Crippen LogP contribution < -0.4 is 14.8 Å². The number of benzene rings is 2. The molecule has 0 aliphatic rings. The van der Waals surface area contributed by atoms with Gasteiger partial charge in [0.25, 0.3) is 5.91 Å². The third-order valence-electron chi connectivity index (χ3n) is 3.34. The molecule has 0 bridgehead atoms. The number of methoxy groups -OCH3 is 2. The van der Waals surface area contributed by atoms with Gasteiger partial charge in [0.15, 0.2) is 6.10 Å². The molecule has 0 saturated heterocycles. The van der Waals surface area contributed by atoms with Crippen molar-refractivity contribution in [2.45, 2.75) is 13.0 Å². The van der Waals surface area contributed by atoms with E-state index in [1.807, 2.05) is 0 Å². The minimum atomic E-state index is -0.954. The number of anilines is 1. The molecule has 1 N–H and O–H groups in total. The van der Waals surface area contributed by atoms with E-state index in [0.717, 1.165) is 0 Å². The molecule has 0 aliphatic carbocycles. The van der Waals surface area contributed by atoms with Crippen LogP contribution in [0.25, 0.3) is 0 Å². The van der Waals surface area contributed by atoms with Crippen molar-refractivity contribution in [2.75, 3.05) is 19.5 Å². The van der Waals surface area contributed by atoms with Crippen molar-refractivity contribution in [1.29, 1.82) is 0 Å². The van der Waals surface area contributed by atoms with E-state index in [1.54, 1.807) is 48.5 Å². The Morgan fingerprint density at radius 3 is 2.25 bits per heavy atom. The molecule has 1 amide bonds. The minimum absolute atomic E-state index is 0.341. The van der Waals surface area contributed by atoms with Gasteiger partial charge in [-0.1, -0.05) is 12.1 Å². The average Bonchev–Trinajstić information content (AvgIpc) is 2.62. The van der Waals surface area contributed by atoms with Gasteiger partial charge in [0, 0.05) is 0 Å². The first-order valence-corrected chi connectivity index (χ1v) is 7.34. The van der Waals surface area contributed by atoms with Gasteiger partial charge in [0.2, 0.25) is 0 Å². The Labute approximate surface area is 140 Å². The summed E-state index contributed by atoms with van der Waals surface area (Å²) in [5.41, 5.74) is 0.852. The number of amides is 1. The van der Waals surface area contributed by atoms with E-state index in [1.165, 1.54) is 21.1 Å². The van der Waals surface area contributed by atoms with Crippen LogP contribution in [-0.2, 0) is 9.53 Å². The lowest BCUT2D eigenvalue weighted by Crippen LogP contribution is -2.30. The van der Waals surface area contributed by atoms with E-state index >= 15 is 0 Å². The maximum absolute atomic E-state index is 12.2. The van der Waals surface area contributed by atoms with Gasteiger partial charge in [-0.15, -0.1) is 0 Å². The molecular weight excluding hydrogens is 310 g/mol. The van der Waals surface area contributed by atoms with E-state index in [0.29, 0.717) is 22.7 Å². The van der Waals surface area contributed by atoms with E-state index in [9.17, 15) is 9.59 Å². The van der Waals surface area contributed by atoms with Gasteiger partial charge < -0.3 is 19.5 Å². The predicted octanol–water partition coefficient (Wildman–Crippen LogP) is 2.89. The fourth-order valence-electron chi connectivity index (χ4n) is 1.99. The lowest BCUT2D eigenvalue weighted by molar-refractivity contribution is -0.123. The maximum atomic E-state index is 12.2. The summed E-state index contributed by atoms with van der Waals surface area (Å²) in [4.78, 5) is 24.3. The summed E-state index contributed by atoms with van der Waals surface area (Å²) < 4.78 is 15.4. The Bertz CT molecular complexity index is 712. The van der Waals surface area contributed by atoms with Gasteiger partial charge in [-0.2, -0.15) is 0 Å². The number of hydrogen-bond acceptors (Lipinski definition) is 5. The average molecular weight is 329 g/mol. The second kappa shape index (κ2) is 8.01. The molecule has 0 saturated carbocycles. The molecular formula is C18H19NO5. The molecule has 126 valence electrons.